The van der Waals surface area contributed by atoms with Crippen LogP contribution in [0, 0.1) is 6.92 Å². The Hall–Kier alpha value is -2.57. The Morgan fingerprint density at radius 3 is 2.72 bits per heavy atom. The molecule has 7 heteroatoms. The van der Waals surface area contributed by atoms with E-state index in [1.54, 1.807) is 29.9 Å². The van der Waals surface area contributed by atoms with Crippen molar-refractivity contribution in [1.82, 2.24) is 19.9 Å². The molecule has 0 fully saturated rings. The van der Waals surface area contributed by atoms with Gasteiger partial charge in [-0.05, 0) is 12.5 Å². The third-order valence-corrected chi connectivity index (χ3v) is 5.33. The maximum Gasteiger partial charge on any atom is 0.183 e. The Morgan fingerprint density at radius 2 is 1.96 bits per heavy atom. The summed E-state index contributed by atoms with van der Waals surface area (Å²) >= 11 is 8.04. The van der Waals surface area contributed by atoms with Gasteiger partial charge in [-0.25, -0.2) is 15.0 Å². The average Bonchev–Trinajstić information content (AvgIpc) is 2.95. The molecule has 0 bridgehead atoms. The SMILES string of the molecule is Cc1sc2nc(-c3cnccn3)nc(NCc3ccccc3)c2c1Cl. The first kappa shape index (κ1) is 15.9. The number of hydrogen-bond donors (Lipinski definition) is 1. The summed E-state index contributed by atoms with van der Waals surface area (Å²) in [6.45, 7) is 2.63. The van der Waals surface area contributed by atoms with Gasteiger partial charge >= 0.3 is 0 Å². The fourth-order valence-electron chi connectivity index (χ4n) is 2.52. The van der Waals surface area contributed by atoms with Crippen molar-refractivity contribution in [3.05, 3.63) is 64.4 Å². The molecule has 0 aliphatic heterocycles. The van der Waals surface area contributed by atoms with Gasteiger partial charge in [0.15, 0.2) is 5.82 Å². The summed E-state index contributed by atoms with van der Waals surface area (Å²) in [7, 11) is 0. The molecule has 4 rings (SSSR count). The van der Waals surface area contributed by atoms with Gasteiger partial charge in [0.05, 0.1) is 16.6 Å². The smallest absolute Gasteiger partial charge is 0.183 e. The van der Waals surface area contributed by atoms with Crippen LogP contribution in [0.15, 0.2) is 48.9 Å². The number of anilines is 1. The van der Waals surface area contributed by atoms with Crippen LogP contribution >= 0.6 is 22.9 Å². The molecule has 0 spiro atoms. The molecule has 3 aromatic heterocycles. The molecule has 0 aliphatic rings. The van der Waals surface area contributed by atoms with Crippen molar-refractivity contribution in [3.63, 3.8) is 0 Å². The molecule has 0 unspecified atom stereocenters. The Balaban J connectivity index is 1.80. The molecule has 0 radical (unpaired) electrons. The first-order chi connectivity index (χ1) is 12.2. The van der Waals surface area contributed by atoms with Crippen molar-refractivity contribution < 1.29 is 0 Å². The Bertz CT molecular complexity index is 1020. The summed E-state index contributed by atoms with van der Waals surface area (Å²) in [4.78, 5) is 19.5. The van der Waals surface area contributed by atoms with Gasteiger partial charge in [0, 0.05) is 23.8 Å². The summed E-state index contributed by atoms with van der Waals surface area (Å²) < 4.78 is 0. The van der Waals surface area contributed by atoms with E-state index in [9.17, 15) is 0 Å². The van der Waals surface area contributed by atoms with E-state index in [0.717, 1.165) is 15.1 Å². The first-order valence-corrected chi connectivity index (χ1v) is 8.92. The van der Waals surface area contributed by atoms with Crippen molar-refractivity contribution in [2.24, 2.45) is 0 Å². The highest BCUT2D eigenvalue weighted by molar-refractivity contribution is 7.19. The van der Waals surface area contributed by atoms with E-state index in [4.69, 9.17) is 11.6 Å². The van der Waals surface area contributed by atoms with Crippen LogP contribution in [0.5, 0.6) is 0 Å². The monoisotopic (exact) mass is 367 g/mol. The molecule has 0 atom stereocenters. The zero-order valence-electron chi connectivity index (χ0n) is 13.4. The van der Waals surface area contributed by atoms with Gasteiger partial charge < -0.3 is 5.32 Å². The predicted octanol–water partition coefficient (Wildman–Crippen LogP) is 4.72. The van der Waals surface area contributed by atoms with Gasteiger partial charge in [0.1, 0.15) is 16.3 Å². The summed E-state index contributed by atoms with van der Waals surface area (Å²) in [6.07, 6.45) is 4.92. The molecule has 1 N–H and O–H groups in total. The van der Waals surface area contributed by atoms with Crippen LogP contribution in [0.3, 0.4) is 0 Å². The van der Waals surface area contributed by atoms with Crippen molar-refractivity contribution in [2.75, 3.05) is 5.32 Å². The number of benzene rings is 1. The molecular formula is C18H14ClN5S. The molecule has 1 aromatic carbocycles. The van der Waals surface area contributed by atoms with Gasteiger partial charge in [0.2, 0.25) is 0 Å². The Labute approximate surface area is 153 Å². The zero-order chi connectivity index (χ0) is 17.2. The zero-order valence-corrected chi connectivity index (χ0v) is 15.0. The van der Waals surface area contributed by atoms with E-state index in [0.29, 0.717) is 28.9 Å². The average molecular weight is 368 g/mol. The standard InChI is InChI=1S/C18H14ClN5S/c1-11-15(19)14-17(22-9-12-5-3-2-4-6-12)23-16(24-18(14)25-11)13-10-20-7-8-21-13/h2-8,10H,9H2,1H3,(H,22,23,24). The normalized spacial score (nSPS) is 11.0. The van der Waals surface area contributed by atoms with Crippen molar-refractivity contribution in [3.8, 4) is 11.5 Å². The molecule has 0 saturated heterocycles. The molecule has 4 aromatic rings. The number of hydrogen-bond acceptors (Lipinski definition) is 6. The van der Waals surface area contributed by atoms with Crippen LogP contribution in [0.2, 0.25) is 5.02 Å². The quantitative estimate of drug-likeness (QED) is 0.565. The van der Waals surface area contributed by atoms with Crippen molar-refractivity contribution >= 4 is 39.0 Å². The van der Waals surface area contributed by atoms with E-state index < -0.39 is 0 Å². The molecule has 5 nitrogen and oxygen atoms in total. The van der Waals surface area contributed by atoms with Crippen LogP contribution < -0.4 is 5.32 Å². The number of aryl methyl sites for hydroxylation is 1. The van der Waals surface area contributed by atoms with Gasteiger partial charge in [-0.3, -0.25) is 4.98 Å². The Morgan fingerprint density at radius 1 is 1.12 bits per heavy atom. The molecule has 3 heterocycles. The Kier molecular flexibility index (Phi) is 4.29. The number of nitrogens with one attached hydrogen (secondary N) is 1. The lowest BCUT2D eigenvalue weighted by Gasteiger charge is -2.09. The number of nitrogens with zero attached hydrogens (tertiary/aromatic N) is 4. The summed E-state index contributed by atoms with van der Waals surface area (Å²) in [6, 6.07) is 10.2. The van der Waals surface area contributed by atoms with Crippen LogP contribution in [-0.2, 0) is 6.54 Å². The molecule has 124 valence electrons. The molecule has 0 aliphatic carbocycles. The fourth-order valence-corrected chi connectivity index (χ4v) is 3.78. The van der Waals surface area contributed by atoms with E-state index in [2.05, 4.69) is 37.4 Å². The van der Waals surface area contributed by atoms with Gasteiger partial charge in [-0.2, -0.15) is 0 Å². The molecule has 25 heavy (non-hydrogen) atoms. The van der Waals surface area contributed by atoms with E-state index in [1.165, 1.54) is 5.56 Å². The third-order valence-electron chi connectivity index (χ3n) is 3.75. The fraction of sp³-hybridized carbons (Fsp3) is 0.111. The number of fused-ring (bicyclic) bond motifs is 1. The topological polar surface area (TPSA) is 63.6 Å². The lowest BCUT2D eigenvalue weighted by Crippen LogP contribution is -2.04. The minimum Gasteiger partial charge on any atom is -0.365 e. The summed E-state index contributed by atoms with van der Waals surface area (Å²) in [5.41, 5.74) is 1.80. The van der Waals surface area contributed by atoms with Crippen LogP contribution in [0.25, 0.3) is 21.7 Å². The highest BCUT2D eigenvalue weighted by Gasteiger charge is 2.17. The van der Waals surface area contributed by atoms with Crippen molar-refractivity contribution in [2.45, 2.75) is 13.5 Å². The maximum atomic E-state index is 6.49. The van der Waals surface area contributed by atoms with Gasteiger partial charge in [0.25, 0.3) is 0 Å². The van der Waals surface area contributed by atoms with Gasteiger partial charge in [-0.15, -0.1) is 11.3 Å². The second kappa shape index (κ2) is 6.74. The summed E-state index contributed by atoms with van der Waals surface area (Å²) in [5.74, 6) is 1.25. The summed E-state index contributed by atoms with van der Waals surface area (Å²) in [5, 5.41) is 4.94. The number of rotatable bonds is 4. The lowest BCUT2D eigenvalue weighted by atomic mass is 10.2. The number of halogens is 1. The van der Waals surface area contributed by atoms with Gasteiger partial charge in [-0.1, -0.05) is 41.9 Å². The van der Waals surface area contributed by atoms with E-state index >= 15 is 0 Å². The largest absolute Gasteiger partial charge is 0.365 e. The first-order valence-electron chi connectivity index (χ1n) is 7.73. The van der Waals surface area contributed by atoms with Crippen LogP contribution in [0.1, 0.15) is 10.4 Å². The minimum absolute atomic E-state index is 0.536. The lowest BCUT2D eigenvalue weighted by molar-refractivity contribution is 1.09. The van der Waals surface area contributed by atoms with Crippen LogP contribution in [-0.4, -0.2) is 19.9 Å². The highest BCUT2D eigenvalue weighted by atomic mass is 35.5. The maximum absolute atomic E-state index is 6.49. The molecular weight excluding hydrogens is 354 g/mol. The second-order valence-electron chi connectivity index (χ2n) is 5.48. The number of aromatic nitrogens is 4. The molecule has 0 amide bonds. The third kappa shape index (κ3) is 3.18. The highest BCUT2D eigenvalue weighted by Crippen LogP contribution is 2.38. The predicted molar refractivity (Wildman–Crippen MR) is 102 cm³/mol. The van der Waals surface area contributed by atoms with Crippen molar-refractivity contribution in [1.29, 1.82) is 0 Å². The molecule has 0 saturated carbocycles. The van der Waals surface area contributed by atoms with E-state index in [1.807, 2.05) is 25.1 Å². The minimum atomic E-state index is 0.536. The van der Waals surface area contributed by atoms with E-state index in [-0.39, 0.29) is 0 Å². The number of thiophene rings is 1. The second-order valence-corrected chi connectivity index (χ2v) is 7.06. The van der Waals surface area contributed by atoms with Crippen LogP contribution in [0.4, 0.5) is 5.82 Å².